The fraction of sp³-hybridized carbons (Fsp3) is 0.241. The maximum absolute atomic E-state index is 14.9. The molecule has 210 valence electrons. The quantitative estimate of drug-likeness (QED) is 0.267. The van der Waals surface area contributed by atoms with Crippen molar-refractivity contribution in [2.75, 3.05) is 14.2 Å². The molecule has 0 N–H and O–H groups in total. The van der Waals surface area contributed by atoms with Gasteiger partial charge in [0, 0.05) is 30.6 Å². The number of benzene rings is 2. The lowest BCUT2D eigenvalue weighted by molar-refractivity contribution is 0.0285. The van der Waals surface area contributed by atoms with Gasteiger partial charge in [0.25, 0.3) is 10.0 Å². The average molecular weight is 570 g/mol. The number of aromatic nitrogens is 2. The summed E-state index contributed by atoms with van der Waals surface area (Å²) in [4.78, 5) is 17.5. The smallest absolute Gasteiger partial charge is 0.410 e. The summed E-state index contributed by atoms with van der Waals surface area (Å²) < 4.78 is 69.0. The minimum Gasteiger partial charge on any atom is -0.495 e. The fourth-order valence-electron chi connectivity index (χ4n) is 4.01. The molecule has 0 spiro atoms. The Morgan fingerprint density at radius 2 is 1.75 bits per heavy atom. The van der Waals surface area contributed by atoms with E-state index in [4.69, 9.17) is 9.47 Å². The summed E-state index contributed by atoms with van der Waals surface area (Å²) in [5.41, 5.74) is 0.396. The highest BCUT2D eigenvalue weighted by Gasteiger charge is 2.26. The number of hydrogen-bond acceptors (Lipinski definition) is 6. The van der Waals surface area contributed by atoms with Crippen LogP contribution in [0.4, 0.5) is 13.6 Å². The van der Waals surface area contributed by atoms with Crippen LogP contribution in [0.25, 0.3) is 22.4 Å². The number of carbonyl (C=O) groups is 1. The van der Waals surface area contributed by atoms with Crippen molar-refractivity contribution in [2.45, 2.75) is 37.8 Å². The summed E-state index contributed by atoms with van der Waals surface area (Å²) >= 11 is 0. The van der Waals surface area contributed by atoms with Gasteiger partial charge >= 0.3 is 6.09 Å². The first-order chi connectivity index (χ1) is 18.8. The third-order valence-corrected chi connectivity index (χ3v) is 7.48. The predicted octanol–water partition coefficient (Wildman–Crippen LogP) is 6.11. The van der Waals surface area contributed by atoms with E-state index in [1.165, 1.54) is 74.0 Å². The van der Waals surface area contributed by atoms with E-state index in [1.54, 1.807) is 32.9 Å². The van der Waals surface area contributed by atoms with Gasteiger partial charge in [-0.3, -0.25) is 4.98 Å². The Balaban J connectivity index is 1.82. The van der Waals surface area contributed by atoms with Gasteiger partial charge in [-0.15, -0.1) is 0 Å². The van der Waals surface area contributed by atoms with Crippen LogP contribution in [0, 0.1) is 11.6 Å². The summed E-state index contributed by atoms with van der Waals surface area (Å²) in [5, 5.41) is 0. The average Bonchev–Trinajstić information content (AvgIpc) is 3.32. The van der Waals surface area contributed by atoms with Gasteiger partial charge in [0.05, 0.1) is 30.4 Å². The second kappa shape index (κ2) is 11.1. The lowest BCUT2D eigenvalue weighted by atomic mass is 10.1. The second-order valence-electron chi connectivity index (χ2n) is 10.1. The SMILES string of the molecule is COc1cncc(-c2cc(F)cc(S(=O)(=O)n3cc(CN(C)C(=O)OC(C)(C)C)cc3-c3ccccc3F)c2)c1. The standard InChI is InChI=1S/C29H29F2N3O5S/c1-29(2,3)39-28(35)33(4)17-19-10-27(25-8-6-7-9-26(25)31)34(18-19)40(36,37)24-13-20(11-22(30)14-24)21-12-23(38-5)16-32-15-21/h6-16,18H,17H2,1-5H3. The number of halogens is 2. The zero-order chi connectivity index (χ0) is 29.2. The molecule has 0 aliphatic rings. The molecule has 4 aromatic rings. The van der Waals surface area contributed by atoms with E-state index in [-0.39, 0.29) is 28.3 Å². The van der Waals surface area contributed by atoms with E-state index in [2.05, 4.69) is 4.98 Å². The molecule has 0 unspecified atom stereocenters. The van der Waals surface area contributed by atoms with Crippen molar-refractivity contribution in [3.05, 3.63) is 90.4 Å². The van der Waals surface area contributed by atoms with E-state index in [0.29, 0.717) is 16.9 Å². The van der Waals surface area contributed by atoms with Crippen molar-refractivity contribution >= 4 is 16.1 Å². The Hall–Kier alpha value is -4.25. The van der Waals surface area contributed by atoms with Crippen LogP contribution >= 0.6 is 0 Å². The number of rotatable bonds is 7. The van der Waals surface area contributed by atoms with Gasteiger partial charge in [0.1, 0.15) is 23.0 Å². The van der Waals surface area contributed by atoms with Crippen LogP contribution < -0.4 is 4.74 Å². The summed E-state index contributed by atoms with van der Waals surface area (Å²) in [6.07, 6.45) is 3.60. The highest BCUT2D eigenvalue weighted by Crippen LogP contribution is 2.32. The Morgan fingerprint density at radius 1 is 1.02 bits per heavy atom. The Bertz CT molecular complexity index is 1660. The van der Waals surface area contributed by atoms with Gasteiger partial charge in [-0.25, -0.2) is 26.0 Å². The minimum absolute atomic E-state index is 0.0135. The van der Waals surface area contributed by atoms with E-state index in [1.807, 2.05) is 0 Å². The van der Waals surface area contributed by atoms with Crippen LogP contribution in [0.5, 0.6) is 5.75 Å². The number of carbonyl (C=O) groups excluding carboxylic acids is 1. The van der Waals surface area contributed by atoms with Crippen molar-refractivity contribution in [1.29, 1.82) is 0 Å². The molecule has 0 saturated heterocycles. The molecule has 11 heteroatoms. The Labute approximate surface area is 231 Å². The van der Waals surface area contributed by atoms with Gasteiger partial charge in [0.2, 0.25) is 0 Å². The molecule has 0 bridgehead atoms. The highest BCUT2D eigenvalue weighted by molar-refractivity contribution is 7.90. The molecule has 0 atom stereocenters. The normalized spacial score (nSPS) is 11.8. The number of ether oxygens (including phenoxy) is 2. The lowest BCUT2D eigenvalue weighted by Gasteiger charge is -2.24. The van der Waals surface area contributed by atoms with Crippen molar-refractivity contribution in [2.24, 2.45) is 0 Å². The first kappa shape index (κ1) is 28.8. The third kappa shape index (κ3) is 6.31. The van der Waals surface area contributed by atoms with Gasteiger partial charge in [0.15, 0.2) is 0 Å². The topological polar surface area (TPSA) is 90.7 Å². The minimum atomic E-state index is -4.44. The molecule has 2 aromatic carbocycles. The molecular formula is C29H29F2N3O5S. The molecule has 0 aliphatic heterocycles. The third-order valence-electron chi connectivity index (χ3n) is 5.83. The lowest BCUT2D eigenvalue weighted by Crippen LogP contribution is -2.33. The second-order valence-corrected chi connectivity index (χ2v) is 12.0. The van der Waals surface area contributed by atoms with Gasteiger partial charge in [-0.05, 0) is 74.4 Å². The molecule has 0 aliphatic carbocycles. The van der Waals surface area contributed by atoms with Crippen LogP contribution in [-0.4, -0.2) is 48.1 Å². The van der Waals surface area contributed by atoms with Crippen molar-refractivity contribution < 1.29 is 31.5 Å². The molecule has 2 heterocycles. The van der Waals surface area contributed by atoms with Crippen LogP contribution in [0.15, 0.2) is 78.1 Å². The molecule has 8 nitrogen and oxygen atoms in total. The van der Waals surface area contributed by atoms with Crippen LogP contribution in [-0.2, 0) is 21.3 Å². The Morgan fingerprint density at radius 3 is 2.42 bits per heavy atom. The molecule has 2 aromatic heterocycles. The van der Waals surface area contributed by atoms with Crippen LogP contribution in [0.3, 0.4) is 0 Å². The van der Waals surface area contributed by atoms with E-state index >= 15 is 0 Å². The van der Waals surface area contributed by atoms with Gasteiger partial charge < -0.3 is 14.4 Å². The van der Waals surface area contributed by atoms with Crippen molar-refractivity contribution in [1.82, 2.24) is 13.9 Å². The van der Waals surface area contributed by atoms with Crippen molar-refractivity contribution in [3.63, 3.8) is 0 Å². The van der Waals surface area contributed by atoms with E-state index in [0.717, 1.165) is 10.0 Å². The van der Waals surface area contributed by atoms with E-state index in [9.17, 15) is 22.0 Å². The van der Waals surface area contributed by atoms with E-state index < -0.39 is 33.4 Å². The van der Waals surface area contributed by atoms with Crippen LogP contribution in [0.1, 0.15) is 26.3 Å². The molecule has 0 fully saturated rings. The molecule has 0 saturated carbocycles. The van der Waals surface area contributed by atoms with Crippen LogP contribution in [0.2, 0.25) is 0 Å². The summed E-state index contributed by atoms with van der Waals surface area (Å²) in [6.45, 7) is 5.16. The maximum atomic E-state index is 14.9. The monoisotopic (exact) mass is 569 g/mol. The predicted molar refractivity (Wildman–Crippen MR) is 146 cm³/mol. The number of nitrogens with zero attached hydrogens (tertiary/aromatic N) is 3. The summed E-state index contributed by atoms with van der Waals surface area (Å²) in [6, 6.07) is 12.2. The largest absolute Gasteiger partial charge is 0.495 e. The molecule has 40 heavy (non-hydrogen) atoms. The number of amides is 1. The number of hydrogen-bond donors (Lipinski definition) is 0. The molecular weight excluding hydrogens is 540 g/mol. The zero-order valence-electron chi connectivity index (χ0n) is 22.7. The Kier molecular flexibility index (Phi) is 7.97. The summed E-state index contributed by atoms with van der Waals surface area (Å²) in [7, 11) is -1.49. The van der Waals surface area contributed by atoms with Crippen molar-refractivity contribution in [3.8, 4) is 28.1 Å². The van der Waals surface area contributed by atoms with Gasteiger partial charge in [-0.2, -0.15) is 0 Å². The number of methoxy groups -OCH3 is 1. The maximum Gasteiger partial charge on any atom is 0.410 e. The summed E-state index contributed by atoms with van der Waals surface area (Å²) in [5.74, 6) is -1.02. The fourth-order valence-corrected chi connectivity index (χ4v) is 5.45. The zero-order valence-corrected chi connectivity index (χ0v) is 23.5. The first-order valence-electron chi connectivity index (χ1n) is 12.2. The highest BCUT2D eigenvalue weighted by atomic mass is 32.2. The first-order valence-corrected chi connectivity index (χ1v) is 13.7. The molecule has 1 amide bonds. The number of pyridine rings is 1. The molecule has 4 rings (SSSR count). The molecule has 0 radical (unpaired) electrons. The van der Waals surface area contributed by atoms with Gasteiger partial charge in [-0.1, -0.05) is 12.1 Å².